The molecule has 1 amide bonds. The Morgan fingerprint density at radius 3 is 2.31 bits per heavy atom. The summed E-state index contributed by atoms with van der Waals surface area (Å²) in [4.78, 5) is 36.5. The van der Waals surface area contributed by atoms with Gasteiger partial charge in [0.05, 0.1) is 0 Å². The minimum absolute atomic E-state index is 0.303. The molecule has 0 spiro atoms. The van der Waals surface area contributed by atoms with Gasteiger partial charge in [-0.05, 0) is 43.9 Å². The first-order valence-corrected chi connectivity index (χ1v) is 11.8. The van der Waals surface area contributed by atoms with Crippen molar-refractivity contribution >= 4 is 29.3 Å². The van der Waals surface area contributed by atoms with Crippen molar-refractivity contribution in [1.82, 2.24) is 5.32 Å². The van der Waals surface area contributed by atoms with E-state index in [1.807, 2.05) is 0 Å². The fourth-order valence-corrected chi connectivity index (χ4v) is 5.22. The van der Waals surface area contributed by atoms with Crippen LogP contribution in [-0.4, -0.2) is 53.3 Å². The molecule has 0 saturated carbocycles. The first-order valence-electron chi connectivity index (χ1n) is 11.4. The second-order valence-corrected chi connectivity index (χ2v) is 9.28. The lowest BCUT2D eigenvalue weighted by Crippen LogP contribution is -2.61. The van der Waals surface area contributed by atoms with Crippen LogP contribution in [-0.2, 0) is 30.4 Å². The molecule has 0 aromatic heterocycles. The van der Waals surface area contributed by atoms with E-state index in [1.165, 1.54) is 0 Å². The summed E-state index contributed by atoms with van der Waals surface area (Å²) < 4.78 is 16.1. The molecule has 2 saturated heterocycles. The summed E-state index contributed by atoms with van der Waals surface area (Å²) in [5.74, 6) is -3.47. The molecular formula is C25H24ClNO8. The molecule has 4 unspecified atom stereocenters. The lowest BCUT2D eigenvalue weighted by atomic mass is 9.82. The zero-order valence-electron chi connectivity index (χ0n) is 18.7. The van der Waals surface area contributed by atoms with Crippen LogP contribution in [0.25, 0.3) is 0 Å². The number of halogens is 1. The number of carboxylic acids is 1. The van der Waals surface area contributed by atoms with Crippen molar-refractivity contribution < 1.29 is 38.8 Å². The van der Waals surface area contributed by atoms with Crippen molar-refractivity contribution in [3.05, 3.63) is 64.2 Å². The molecule has 3 N–H and O–H groups in total. The number of amides is 1. The maximum atomic E-state index is 13.5. The van der Waals surface area contributed by atoms with Crippen molar-refractivity contribution in [2.75, 3.05) is 13.2 Å². The molecule has 10 heteroatoms. The number of aliphatic carboxylic acids is 1. The standard InChI is InChI=1S/C20H16ClNO5.C5H8O3/c21-11-7-8-15-14(10-11)19(22-18(24)16-6-3-9-26-16)17(23)12-4-1-2-5-13(12)20(19,25)27-15;6-5(7)4-2-1-3-8-4/h1-2,4-5,7-8,10,16,25H,3,6,9H2,(H,22,24);4H,1-3H2,(H,6,7). The van der Waals surface area contributed by atoms with Crippen LogP contribution in [0.15, 0.2) is 42.5 Å². The quantitative estimate of drug-likeness (QED) is 0.584. The monoisotopic (exact) mass is 501 g/mol. The van der Waals surface area contributed by atoms with Gasteiger partial charge in [0, 0.05) is 34.9 Å². The van der Waals surface area contributed by atoms with Gasteiger partial charge in [0.1, 0.15) is 11.9 Å². The maximum Gasteiger partial charge on any atom is 0.332 e. The molecule has 2 aromatic carbocycles. The number of aliphatic hydroxyl groups is 1. The Morgan fingerprint density at radius 2 is 1.69 bits per heavy atom. The number of rotatable bonds is 3. The van der Waals surface area contributed by atoms with E-state index < -0.39 is 41.2 Å². The van der Waals surface area contributed by atoms with Crippen LogP contribution in [0.2, 0.25) is 5.02 Å². The lowest BCUT2D eigenvalue weighted by molar-refractivity contribution is -0.177. The third kappa shape index (κ3) is 3.70. The van der Waals surface area contributed by atoms with Gasteiger partial charge < -0.3 is 29.7 Å². The fraction of sp³-hybridized carbons (Fsp3) is 0.400. The smallest absolute Gasteiger partial charge is 0.332 e. The number of nitrogens with one attached hydrogen (secondary N) is 1. The van der Waals surface area contributed by atoms with Crippen molar-refractivity contribution in [3.63, 3.8) is 0 Å². The highest BCUT2D eigenvalue weighted by Crippen LogP contribution is 2.58. The van der Waals surface area contributed by atoms with Gasteiger partial charge in [-0.15, -0.1) is 0 Å². The summed E-state index contributed by atoms with van der Waals surface area (Å²) in [6.45, 7) is 1.10. The number of fused-ring (bicyclic) bond motifs is 5. The number of carbonyl (C=O) groups is 3. The summed E-state index contributed by atoms with van der Waals surface area (Å²) in [6, 6.07) is 11.4. The highest BCUT2D eigenvalue weighted by atomic mass is 35.5. The second kappa shape index (κ2) is 8.91. The minimum atomic E-state index is -2.05. The highest BCUT2D eigenvalue weighted by molar-refractivity contribution is 6.30. The first kappa shape index (κ1) is 23.7. The highest BCUT2D eigenvalue weighted by Gasteiger charge is 2.71. The third-order valence-electron chi connectivity index (χ3n) is 6.73. The molecule has 3 heterocycles. The molecule has 4 aliphatic rings. The molecule has 2 fully saturated rings. The molecule has 0 bridgehead atoms. The summed E-state index contributed by atoms with van der Waals surface area (Å²) in [7, 11) is 0. The van der Waals surface area contributed by atoms with Crippen LogP contribution >= 0.6 is 11.6 Å². The Balaban J connectivity index is 0.000000271. The molecule has 2 aromatic rings. The molecule has 6 rings (SSSR count). The Bertz CT molecular complexity index is 1190. The number of hydrogen-bond acceptors (Lipinski definition) is 7. The van der Waals surface area contributed by atoms with E-state index in [2.05, 4.69) is 5.32 Å². The predicted molar refractivity (Wildman–Crippen MR) is 122 cm³/mol. The number of carboxylic acid groups (broad SMARTS) is 1. The number of ketones is 1. The molecule has 3 aliphatic heterocycles. The van der Waals surface area contributed by atoms with Crippen LogP contribution in [0.5, 0.6) is 5.75 Å². The minimum Gasteiger partial charge on any atom is -0.479 e. The SMILES string of the molecule is O=C(NC12C(=O)c3ccccc3C1(O)Oc1ccc(Cl)cc12)C1CCCO1.O=C(O)C1CCCO1. The maximum absolute atomic E-state index is 13.5. The number of carbonyl (C=O) groups excluding carboxylic acids is 2. The van der Waals surface area contributed by atoms with Crippen molar-refractivity contribution in [2.45, 2.75) is 49.2 Å². The van der Waals surface area contributed by atoms with Gasteiger partial charge in [-0.25, -0.2) is 4.79 Å². The first-order chi connectivity index (χ1) is 16.8. The van der Waals surface area contributed by atoms with E-state index in [1.54, 1.807) is 42.5 Å². The third-order valence-corrected chi connectivity index (χ3v) is 6.96. The largest absolute Gasteiger partial charge is 0.479 e. The summed E-state index contributed by atoms with van der Waals surface area (Å²) in [6.07, 6.45) is 1.71. The zero-order valence-corrected chi connectivity index (χ0v) is 19.4. The zero-order chi connectivity index (χ0) is 24.8. The number of benzene rings is 2. The van der Waals surface area contributed by atoms with E-state index in [4.69, 9.17) is 30.9 Å². The number of ether oxygens (including phenoxy) is 3. The average molecular weight is 502 g/mol. The fourth-order valence-electron chi connectivity index (χ4n) is 5.05. The Labute approximate surface area is 205 Å². The Kier molecular flexibility index (Phi) is 6.04. The van der Waals surface area contributed by atoms with Gasteiger partial charge in [0.25, 0.3) is 5.79 Å². The number of Topliss-reactive ketones (excluding diaryl/α,β-unsaturated/α-hetero) is 1. The van der Waals surface area contributed by atoms with Crippen LogP contribution in [0.1, 0.15) is 47.2 Å². The van der Waals surface area contributed by atoms with Gasteiger partial charge in [0.2, 0.25) is 17.2 Å². The van der Waals surface area contributed by atoms with Crippen molar-refractivity contribution in [2.24, 2.45) is 0 Å². The van der Waals surface area contributed by atoms with Crippen LogP contribution in [0.4, 0.5) is 0 Å². The normalized spacial score (nSPS) is 29.9. The van der Waals surface area contributed by atoms with Crippen molar-refractivity contribution in [1.29, 1.82) is 0 Å². The topological polar surface area (TPSA) is 131 Å². The lowest BCUT2D eigenvalue weighted by Gasteiger charge is -2.35. The molecule has 1 aliphatic carbocycles. The second-order valence-electron chi connectivity index (χ2n) is 8.84. The van der Waals surface area contributed by atoms with Gasteiger partial charge in [-0.2, -0.15) is 0 Å². The molecule has 9 nitrogen and oxygen atoms in total. The number of hydrogen-bond donors (Lipinski definition) is 3. The Morgan fingerprint density at radius 1 is 1.00 bits per heavy atom. The molecule has 4 atom stereocenters. The van der Waals surface area contributed by atoms with E-state index >= 15 is 0 Å². The van der Waals surface area contributed by atoms with Gasteiger partial charge in [-0.3, -0.25) is 9.59 Å². The van der Waals surface area contributed by atoms with Crippen LogP contribution in [0, 0.1) is 0 Å². The average Bonchev–Trinajstić information content (AvgIpc) is 3.63. The molecular weight excluding hydrogens is 478 g/mol. The van der Waals surface area contributed by atoms with E-state index in [0.717, 1.165) is 12.8 Å². The summed E-state index contributed by atoms with van der Waals surface area (Å²) >= 11 is 6.16. The van der Waals surface area contributed by atoms with Gasteiger partial charge >= 0.3 is 5.97 Å². The summed E-state index contributed by atoms with van der Waals surface area (Å²) in [5, 5.41) is 23.0. The molecule has 184 valence electrons. The molecule has 0 radical (unpaired) electrons. The predicted octanol–water partition coefficient (Wildman–Crippen LogP) is 2.51. The van der Waals surface area contributed by atoms with Gasteiger partial charge in [0.15, 0.2) is 6.10 Å². The van der Waals surface area contributed by atoms with E-state index in [9.17, 15) is 19.5 Å². The van der Waals surface area contributed by atoms with Crippen LogP contribution in [0.3, 0.4) is 0 Å². The van der Waals surface area contributed by atoms with Crippen LogP contribution < -0.4 is 10.1 Å². The Hall–Kier alpha value is -2.98. The van der Waals surface area contributed by atoms with E-state index in [0.29, 0.717) is 53.5 Å². The van der Waals surface area contributed by atoms with Crippen molar-refractivity contribution in [3.8, 4) is 5.75 Å². The van der Waals surface area contributed by atoms with Gasteiger partial charge in [-0.1, -0.05) is 35.9 Å². The molecule has 35 heavy (non-hydrogen) atoms. The van der Waals surface area contributed by atoms with E-state index in [-0.39, 0.29) is 0 Å². The summed E-state index contributed by atoms with van der Waals surface area (Å²) in [5.41, 5.74) is -0.849.